The average molecular weight is 577 g/mol. The Hall–Kier alpha value is -3.78. The molecule has 1 aliphatic heterocycles. The molecule has 0 bridgehead atoms. The molecule has 4 heterocycles. The maximum atomic E-state index is 13.5. The number of amides is 1. The van der Waals surface area contributed by atoms with E-state index in [2.05, 4.69) is 36.3 Å². The first-order valence-electron chi connectivity index (χ1n) is 11.1. The molecule has 0 spiro atoms. The van der Waals surface area contributed by atoms with Crippen LogP contribution in [0.3, 0.4) is 0 Å². The zero-order valence-corrected chi connectivity index (χ0v) is 21.1. The molecule has 0 saturated heterocycles. The largest absolute Gasteiger partial charge is 0.417 e. The van der Waals surface area contributed by atoms with E-state index in [1.807, 2.05) is 7.05 Å². The van der Waals surface area contributed by atoms with Crippen LogP contribution in [0.5, 0.6) is 0 Å². The lowest BCUT2D eigenvalue weighted by Gasteiger charge is -2.34. The van der Waals surface area contributed by atoms with Gasteiger partial charge in [-0.1, -0.05) is 15.9 Å². The molecule has 1 aromatic carbocycles. The van der Waals surface area contributed by atoms with Gasteiger partial charge in [0.25, 0.3) is 11.5 Å². The number of fused-ring (bicyclic) bond motifs is 2. The fourth-order valence-corrected chi connectivity index (χ4v) is 4.88. The summed E-state index contributed by atoms with van der Waals surface area (Å²) in [5.41, 5.74) is 2.80. The van der Waals surface area contributed by atoms with Gasteiger partial charge in [0.2, 0.25) is 5.95 Å². The van der Waals surface area contributed by atoms with Crippen LogP contribution in [0.25, 0.3) is 17.0 Å². The van der Waals surface area contributed by atoms with Gasteiger partial charge in [0.1, 0.15) is 5.82 Å². The lowest BCUT2D eigenvalue weighted by molar-refractivity contribution is -0.138. The van der Waals surface area contributed by atoms with Crippen molar-refractivity contribution in [1.82, 2.24) is 29.0 Å². The molecule has 0 aliphatic carbocycles. The molecule has 0 fully saturated rings. The Balaban J connectivity index is 1.54. The maximum Gasteiger partial charge on any atom is 0.417 e. The molecular weight excluding hydrogens is 557 g/mol. The van der Waals surface area contributed by atoms with Crippen LogP contribution < -0.4 is 16.8 Å². The van der Waals surface area contributed by atoms with Gasteiger partial charge in [-0.3, -0.25) is 15.0 Å². The van der Waals surface area contributed by atoms with Crippen molar-refractivity contribution < 1.29 is 18.0 Å². The van der Waals surface area contributed by atoms with Crippen molar-refractivity contribution in [3.05, 3.63) is 73.9 Å². The summed E-state index contributed by atoms with van der Waals surface area (Å²) in [6.45, 7) is 1.64. The number of carbonyl (C=O) groups excluding carboxylic acids is 1. The minimum atomic E-state index is -4.63. The smallest absolute Gasteiger partial charge is 0.332 e. The van der Waals surface area contributed by atoms with Crippen LogP contribution in [0.4, 0.5) is 19.1 Å². The van der Waals surface area contributed by atoms with Crippen LogP contribution in [0, 0.1) is 0 Å². The van der Waals surface area contributed by atoms with Gasteiger partial charge in [-0.2, -0.15) is 13.2 Å². The van der Waals surface area contributed by atoms with Crippen LogP contribution in [-0.2, 0) is 26.2 Å². The predicted molar refractivity (Wildman–Crippen MR) is 132 cm³/mol. The lowest BCUT2D eigenvalue weighted by Crippen LogP contribution is -2.46. The number of imidazole rings is 1. The third kappa shape index (κ3) is 4.25. The Bertz CT molecular complexity index is 1610. The summed E-state index contributed by atoms with van der Waals surface area (Å²) < 4.78 is 43.0. The van der Waals surface area contributed by atoms with E-state index in [4.69, 9.17) is 5.84 Å². The van der Waals surface area contributed by atoms with Crippen molar-refractivity contribution in [2.24, 2.45) is 12.9 Å². The molecule has 0 radical (unpaired) electrons. The SMILES string of the molecule is CC1Cc2c(nc(NN)n(-c3ccc4c(ncn4C)n3)c2=O)CN1C(=O)c1ccc(Br)c(C(F)(F)F)c1. The number of rotatable bonds is 3. The van der Waals surface area contributed by atoms with Crippen molar-refractivity contribution >= 4 is 38.9 Å². The Morgan fingerprint density at radius 1 is 1.22 bits per heavy atom. The molecule has 0 saturated carbocycles. The summed E-state index contributed by atoms with van der Waals surface area (Å²) in [6.07, 6.45) is -2.88. The van der Waals surface area contributed by atoms with Crippen molar-refractivity contribution in [3.8, 4) is 5.82 Å². The fraction of sp³-hybridized carbons (Fsp3) is 0.261. The standard InChI is InChI=1S/C23H20BrF3N8O2/c1-11-7-13-16(9-34(11)20(36)12-3-4-15(24)14(8-12)23(25,26)27)30-22(32-28)35(21(13)37)18-6-5-17-19(31-18)29-10-33(17)2/h3-6,8,10-11H,7,9,28H2,1-2H3,(H,30,32). The summed E-state index contributed by atoms with van der Waals surface area (Å²) in [4.78, 5) is 41.3. The Morgan fingerprint density at radius 2 is 1.97 bits per heavy atom. The highest BCUT2D eigenvalue weighted by molar-refractivity contribution is 9.10. The maximum absolute atomic E-state index is 13.5. The fourth-order valence-electron chi connectivity index (χ4n) is 4.41. The van der Waals surface area contributed by atoms with E-state index < -0.39 is 29.2 Å². The van der Waals surface area contributed by atoms with E-state index in [0.717, 1.165) is 11.6 Å². The first kappa shape index (κ1) is 24.9. The number of nitrogens with one attached hydrogen (secondary N) is 1. The molecule has 1 aliphatic rings. The zero-order chi connectivity index (χ0) is 26.6. The predicted octanol–water partition coefficient (Wildman–Crippen LogP) is 3.17. The number of hydrogen-bond donors (Lipinski definition) is 2. The van der Waals surface area contributed by atoms with Gasteiger partial charge in [0.05, 0.1) is 29.6 Å². The highest BCUT2D eigenvalue weighted by Crippen LogP contribution is 2.36. The van der Waals surface area contributed by atoms with Gasteiger partial charge in [-0.15, -0.1) is 0 Å². The molecule has 1 unspecified atom stereocenters. The highest BCUT2D eigenvalue weighted by atomic mass is 79.9. The van der Waals surface area contributed by atoms with Gasteiger partial charge in [-0.25, -0.2) is 25.4 Å². The van der Waals surface area contributed by atoms with Gasteiger partial charge in [-0.05, 0) is 43.7 Å². The molecule has 3 N–H and O–H groups in total. The van der Waals surface area contributed by atoms with Crippen LogP contribution in [0.2, 0.25) is 0 Å². The molecule has 3 aromatic heterocycles. The number of aryl methyl sites for hydroxylation is 1. The number of benzene rings is 1. The summed E-state index contributed by atoms with van der Waals surface area (Å²) in [5, 5.41) is 0. The molecular formula is C23H20BrF3N8O2. The quantitative estimate of drug-likeness (QED) is 0.283. The van der Waals surface area contributed by atoms with Crippen LogP contribution in [0.1, 0.15) is 34.1 Å². The number of alkyl halides is 3. The second-order valence-electron chi connectivity index (χ2n) is 8.69. The number of halogens is 4. The first-order valence-corrected chi connectivity index (χ1v) is 11.9. The monoisotopic (exact) mass is 576 g/mol. The van der Waals surface area contributed by atoms with E-state index in [1.165, 1.54) is 21.6 Å². The second kappa shape index (κ2) is 8.95. The van der Waals surface area contributed by atoms with Crippen molar-refractivity contribution in [2.45, 2.75) is 32.1 Å². The van der Waals surface area contributed by atoms with Crippen LogP contribution in [0.15, 0.2) is 45.9 Å². The van der Waals surface area contributed by atoms with E-state index in [-0.39, 0.29) is 34.8 Å². The van der Waals surface area contributed by atoms with Gasteiger partial charge in [0.15, 0.2) is 5.65 Å². The number of hydrogen-bond acceptors (Lipinski definition) is 7. The molecule has 37 heavy (non-hydrogen) atoms. The zero-order valence-electron chi connectivity index (χ0n) is 19.5. The number of nitrogens with zero attached hydrogens (tertiary/aromatic N) is 6. The molecule has 10 nitrogen and oxygen atoms in total. The average Bonchev–Trinajstić information content (AvgIpc) is 3.23. The first-order chi connectivity index (χ1) is 17.5. The Morgan fingerprint density at radius 3 is 2.68 bits per heavy atom. The number of carbonyl (C=O) groups is 1. The molecule has 1 amide bonds. The molecule has 5 rings (SSSR count). The molecule has 192 valence electrons. The lowest BCUT2D eigenvalue weighted by atomic mass is 9.98. The normalized spacial score (nSPS) is 15.6. The Labute approximate surface area is 216 Å². The van der Waals surface area contributed by atoms with E-state index in [0.29, 0.717) is 16.9 Å². The number of nitrogens with two attached hydrogens (primary N) is 1. The number of anilines is 1. The van der Waals surface area contributed by atoms with Crippen LogP contribution in [-0.4, -0.2) is 40.9 Å². The Kier molecular flexibility index (Phi) is 6.02. The summed E-state index contributed by atoms with van der Waals surface area (Å²) in [5.74, 6) is 5.34. The molecule has 4 aromatic rings. The van der Waals surface area contributed by atoms with E-state index in [1.54, 1.807) is 30.0 Å². The number of nitrogen functional groups attached to an aromatic ring is 1. The van der Waals surface area contributed by atoms with E-state index in [9.17, 15) is 22.8 Å². The topological polar surface area (TPSA) is 124 Å². The second-order valence-corrected chi connectivity index (χ2v) is 9.55. The van der Waals surface area contributed by atoms with E-state index >= 15 is 0 Å². The molecule has 1 atom stereocenters. The van der Waals surface area contributed by atoms with Gasteiger partial charge >= 0.3 is 6.18 Å². The highest BCUT2D eigenvalue weighted by Gasteiger charge is 2.36. The number of pyridine rings is 1. The minimum absolute atomic E-state index is 0.00326. The van der Waals surface area contributed by atoms with Gasteiger partial charge in [0, 0.05) is 28.7 Å². The number of hydrazine groups is 1. The van der Waals surface area contributed by atoms with Crippen molar-refractivity contribution in [1.29, 1.82) is 0 Å². The van der Waals surface area contributed by atoms with Crippen molar-refractivity contribution in [2.75, 3.05) is 5.43 Å². The van der Waals surface area contributed by atoms with Gasteiger partial charge < -0.3 is 9.47 Å². The minimum Gasteiger partial charge on any atom is -0.332 e. The third-order valence-corrected chi connectivity index (χ3v) is 7.02. The number of aromatic nitrogens is 5. The molecule has 14 heteroatoms. The van der Waals surface area contributed by atoms with Crippen molar-refractivity contribution in [3.63, 3.8) is 0 Å². The van der Waals surface area contributed by atoms with Crippen LogP contribution >= 0.6 is 15.9 Å². The summed E-state index contributed by atoms with van der Waals surface area (Å²) in [7, 11) is 1.82. The summed E-state index contributed by atoms with van der Waals surface area (Å²) in [6, 6.07) is 6.26. The third-order valence-electron chi connectivity index (χ3n) is 6.32. The summed E-state index contributed by atoms with van der Waals surface area (Å²) >= 11 is 2.89.